The molecule has 0 radical (unpaired) electrons. The predicted molar refractivity (Wildman–Crippen MR) is 92.5 cm³/mol. The van der Waals surface area contributed by atoms with Crippen molar-refractivity contribution in [2.75, 3.05) is 32.9 Å². The Kier molecular flexibility index (Phi) is 4.25. The first kappa shape index (κ1) is 16.9. The van der Waals surface area contributed by atoms with Crippen molar-refractivity contribution in [2.24, 2.45) is 0 Å². The molecular formula is C18H23NO5S. The van der Waals surface area contributed by atoms with Gasteiger partial charge in [0.25, 0.3) is 0 Å². The number of ether oxygens (including phenoxy) is 3. The lowest BCUT2D eigenvalue weighted by Crippen LogP contribution is -2.48. The van der Waals surface area contributed by atoms with Crippen LogP contribution in [0.2, 0.25) is 0 Å². The second-order valence-electron chi connectivity index (χ2n) is 6.86. The minimum Gasteiger partial charge on any atom is -0.486 e. The molecular weight excluding hydrogens is 342 g/mol. The molecule has 1 aromatic carbocycles. The molecule has 0 amide bonds. The van der Waals surface area contributed by atoms with E-state index < -0.39 is 10.0 Å². The highest BCUT2D eigenvalue weighted by atomic mass is 32.2. The number of rotatable bonds is 2. The van der Waals surface area contributed by atoms with Gasteiger partial charge in [-0.25, -0.2) is 8.42 Å². The molecule has 1 fully saturated rings. The van der Waals surface area contributed by atoms with E-state index in [0.717, 1.165) is 13.0 Å². The third-order valence-corrected chi connectivity index (χ3v) is 7.01. The Morgan fingerprint density at radius 2 is 1.76 bits per heavy atom. The van der Waals surface area contributed by atoms with Gasteiger partial charge in [-0.1, -0.05) is 11.6 Å². The number of benzene rings is 1. The second kappa shape index (κ2) is 6.30. The Morgan fingerprint density at radius 3 is 2.48 bits per heavy atom. The summed E-state index contributed by atoms with van der Waals surface area (Å²) in [6.07, 6.45) is 4.52. The zero-order valence-electron chi connectivity index (χ0n) is 14.4. The molecule has 25 heavy (non-hydrogen) atoms. The summed E-state index contributed by atoms with van der Waals surface area (Å²) in [5.41, 5.74) is 1.04. The van der Waals surface area contributed by atoms with Crippen molar-refractivity contribution < 1.29 is 22.6 Å². The maximum Gasteiger partial charge on any atom is 0.243 e. The quantitative estimate of drug-likeness (QED) is 0.753. The molecule has 3 aliphatic rings. The Morgan fingerprint density at radius 1 is 1.04 bits per heavy atom. The molecule has 0 saturated carbocycles. The number of fused-ring (bicyclic) bond motifs is 1. The van der Waals surface area contributed by atoms with E-state index in [4.69, 9.17) is 14.2 Å². The van der Waals surface area contributed by atoms with Crippen LogP contribution in [0.15, 0.2) is 34.7 Å². The summed E-state index contributed by atoms with van der Waals surface area (Å²) in [7, 11) is -3.54. The summed E-state index contributed by atoms with van der Waals surface area (Å²) in [4.78, 5) is 0.254. The maximum absolute atomic E-state index is 13.0. The largest absolute Gasteiger partial charge is 0.486 e. The zero-order valence-corrected chi connectivity index (χ0v) is 15.2. The molecule has 136 valence electrons. The molecule has 7 heteroatoms. The van der Waals surface area contributed by atoms with E-state index in [1.807, 2.05) is 0 Å². The number of piperidine rings is 1. The first-order chi connectivity index (χ1) is 12.0. The van der Waals surface area contributed by atoms with Crippen LogP contribution in [-0.4, -0.2) is 51.2 Å². The molecule has 1 saturated heterocycles. The Labute approximate surface area is 148 Å². The van der Waals surface area contributed by atoms with Crippen LogP contribution >= 0.6 is 0 Å². The van der Waals surface area contributed by atoms with Gasteiger partial charge in [-0.15, -0.1) is 0 Å². The van der Waals surface area contributed by atoms with Gasteiger partial charge in [0.15, 0.2) is 11.5 Å². The monoisotopic (exact) mass is 365 g/mol. The van der Waals surface area contributed by atoms with E-state index in [2.05, 4.69) is 13.0 Å². The first-order valence-electron chi connectivity index (χ1n) is 8.71. The molecule has 0 atom stereocenters. The minimum absolute atomic E-state index is 0.254. The lowest BCUT2D eigenvalue weighted by molar-refractivity contribution is -0.0462. The van der Waals surface area contributed by atoms with E-state index in [0.29, 0.717) is 50.6 Å². The summed E-state index contributed by atoms with van der Waals surface area (Å²) in [6.45, 7) is 4.67. The van der Waals surface area contributed by atoms with Gasteiger partial charge in [0.2, 0.25) is 10.0 Å². The highest BCUT2D eigenvalue weighted by Gasteiger charge is 2.39. The average Bonchev–Trinajstić information content (AvgIpc) is 2.61. The smallest absolute Gasteiger partial charge is 0.243 e. The molecule has 3 heterocycles. The van der Waals surface area contributed by atoms with Crippen LogP contribution in [0, 0.1) is 0 Å². The Hall–Kier alpha value is -1.57. The summed E-state index contributed by atoms with van der Waals surface area (Å²) >= 11 is 0. The molecule has 1 spiro atoms. The van der Waals surface area contributed by atoms with Crippen molar-refractivity contribution in [3.8, 4) is 11.5 Å². The van der Waals surface area contributed by atoms with Crippen molar-refractivity contribution in [1.82, 2.24) is 4.31 Å². The molecule has 0 aliphatic carbocycles. The Bertz CT molecular complexity index is 794. The van der Waals surface area contributed by atoms with Crippen molar-refractivity contribution in [2.45, 2.75) is 36.7 Å². The van der Waals surface area contributed by atoms with E-state index in [1.54, 1.807) is 22.5 Å². The molecule has 3 aliphatic heterocycles. The van der Waals surface area contributed by atoms with Crippen molar-refractivity contribution in [3.05, 3.63) is 29.8 Å². The molecule has 0 aromatic heterocycles. The van der Waals surface area contributed by atoms with Crippen LogP contribution in [0.5, 0.6) is 11.5 Å². The van der Waals surface area contributed by atoms with Crippen LogP contribution in [-0.2, 0) is 14.8 Å². The van der Waals surface area contributed by atoms with Gasteiger partial charge in [0, 0.05) is 19.2 Å². The lowest BCUT2D eigenvalue weighted by atomic mass is 9.88. The van der Waals surface area contributed by atoms with Gasteiger partial charge in [-0.3, -0.25) is 0 Å². The van der Waals surface area contributed by atoms with Crippen molar-refractivity contribution >= 4 is 10.0 Å². The fraction of sp³-hybridized carbons (Fsp3) is 0.556. The fourth-order valence-corrected chi connectivity index (χ4v) is 5.16. The fourth-order valence-electron chi connectivity index (χ4n) is 3.71. The molecule has 0 bridgehead atoms. The van der Waals surface area contributed by atoms with Crippen molar-refractivity contribution in [1.29, 1.82) is 0 Å². The average molecular weight is 365 g/mol. The third-order valence-electron chi connectivity index (χ3n) is 5.12. The second-order valence-corrected chi connectivity index (χ2v) is 8.80. The van der Waals surface area contributed by atoms with Gasteiger partial charge in [-0.05, 0) is 38.3 Å². The number of nitrogens with zero attached hydrogens (tertiary/aromatic N) is 1. The van der Waals surface area contributed by atoms with Gasteiger partial charge < -0.3 is 14.2 Å². The van der Waals surface area contributed by atoms with Crippen LogP contribution in [0.1, 0.15) is 26.2 Å². The van der Waals surface area contributed by atoms with Crippen LogP contribution in [0.4, 0.5) is 0 Å². The van der Waals surface area contributed by atoms with E-state index >= 15 is 0 Å². The summed E-state index contributed by atoms with van der Waals surface area (Å²) in [5, 5.41) is 0. The first-order valence-corrected chi connectivity index (χ1v) is 10.1. The molecule has 6 nitrogen and oxygen atoms in total. The maximum atomic E-state index is 13.0. The van der Waals surface area contributed by atoms with E-state index in [9.17, 15) is 8.42 Å². The summed E-state index contributed by atoms with van der Waals surface area (Å²) in [6, 6.07) is 4.83. The van der Waals surface area contributed by atoms with E-state index in [1.165, 1.54) is 5.57 Å². The van der Waals surface area contributed by atoms with Crippen LogP contribution in [0.3, 0.4) is 0 Å². The third kappa shape index (κ3) is 3.16. The SMILES string of the molecule is CC1=CC2(CCN(S(=O)(=O)c3ccc4c(c3)OCCO4)CC2)OCC1. The lowest BCUT2D eigenvalue weighted by Gasteiger charge is -2.41. The number of hydrogen-bond donors (Lipinski definition) is 0. The standard InChI is InChI=1S/C18H23NO5S/c1-14-4-9-24-18(13-14)5-7-19(8-6-18)25(20,21)15-2-3-16-17(12-15)23-11-10-22-16/h2-3,12-13H,4-11H2,1H3. The summed E-state index contributed by atoms with van der Waals surface area (Å²) < 4.78 is 44.5. The molecule has 0 unspecified atom stereocenters. The summed E-state index contributed by atoms with van der Waals surface area (Å²) in [5.74, 6) is 1.09. The normalized spacial score (nSPS) is 23.3. The molecule has 4 rings (SSSR count). The number of hydrogen-bond acceptors (Lipinski definition) is 5. The van der Waals surface area contributed by atoms with E-state index in [-0.39, 0.29) is 10.5 Å². The van der Waals surface area contributed by atoms with Crippen LogP contribution in [0.25, 0.3) is 0 Å². The van der Waals surface area contributed by atoms with Gasteiger partial charge in [-0.2, -0.15) is 4.31 Å². The highest BCUT2D eigenvalue weighted by Crippen LogP contribution is 2.37. The Balaban J connectivity index is 1.53. The van der Waals surface area contributed by atoms with Gasteiger partial charge >= 0.3 is 0 Å². The zero-order chi connectivity index (χ0) is 17.5. The van der Waals surface area contributed by atoms with Gasteiger partial charge in [0.1, 0.15) is 13.2 Å². The number of sulfonamides is 1. The molecule has 1 aromatic rings. The van der Waals surface area contributed by atoms with Crippen LogP contribution < -0.4 is 9.47 Å². The topological polar surface area (TPSA) is 65.1 Å². The highest BCUT2D eigenvalue weighted by molar-refractivity contribution is 7.89. The predicted octanol–water partition coefficient (Wildman–Crippen LogP) is 2.35. The van der Waals surface area contributed by atoms with Crippen molar-refractivity contribution in [3.63, 3.8) is 0 Å². The van der Waals surface area contributed by atoms with Gasteiger partial charge in [0.05, 0.1) is 17.1 Å². The minimum atomic E-state index is -3.54. The molecule has 0 N–H and O–H groups in total.